The first kappa shape index (κ1) is 13.7. The minimum atomic E-state index is -0.121. The van der Waals surface area contributed by atoms with Crippen LogP contribution in [0.15, 0.2) is 41.0 Å². The average molecular weight is 286 g/mol. The van der Waals surface area contributed by atoms with Gasteiger partial charge in [-0.1, -0.05) is 6.07 Å². The molecule has 2 heterocycles. The molecule has 1 aliphatic rings. The average Bonchev–Trinajstić information content (AvgIpc) is 3.00. The molecule has 5 heteroatoms. The van der Waals surface area contributed by atoms with Crippen LogP contribution in [-0.4, -0.2) is 12.5 Å². The van der Waals surface area contributed by atoms with Crippen LogP contribution in [0.25, 0.3) is 0 Å². The Morgan fingerprint density at radius 3 is 2.86 bits per heavy atom. The second-order valence-corrected chi connectivity index (χ2v) is 5.22. The maximum atomic E-state index is 11.4. The van der Waals surface area contributed by atoms with E-state index in [0.717, 1.165) is 17.0 Å². The van der Waals surface area contributed by atoms with Gasteiger partial charge in [0.25, 0.3) is 5.91 Å². The Morgan fingerprint density at radius 1 is 1.24 bits per heavy atom. The second-order valence-electron chi connectivity index (χ2n) is 5.22. The summed E-state index contributed by atoms with van der Waals surface area (Å²) in [7, 11) is 0. The van der Waals surface area contributed by atoms with Crippen molar-refractivity contribution in [1.29, 1.82) is 0 Å². The third kappa shape index (κ3) is 2.92. The molecule has 3 rings (SSSR count). The van der Waals surface area contributed by atoms with Crippen molar-refractivity contribution < 1.29 is 13.9 Å². The van der Waals surface area contributed by atoms with Gasteiger partial charge in [0.2, 0.25) is 0 Å². The van der Waals surface area contributed by atoms with Gasteiger partial charge in [0.1, 0.15) is 11.5 Å². The van der Waals surface area contributed by atoms with Crippen molar-refractivity contribution in [2.45, 2.75) is 25.9 Å². The lowest BCUT2D eigenvalue weighted by molar-refractivity contribution is -0.118. The number of carbonyl (C=O) groups is 1. The summed E-state index contributed by atoms with van der Waals surface area (Å²) in [6.07, 6.45) is 1.67. The lowest BCUT2D eigenvalue weighted by Gasteiger charge is -2.22. The monoisotopic (exact) mass is 286 g/mol. The summed E-state index contributed by atoms with van der Waals surface area (Å²) in [6, 6.07) is 9.89. The van der Waals surface area contributed by atoms with Gasteiger partial charge >= 0.3 is 0 Å². The Morgan fingerprint density at radius 2 is 2.10 bits per heavy atom. The third-order valence-electron chi connectivity index (χ3n) is 3.61. The van der Waals surface area contributed by atoms with Crippen LogP contribution in [0.2, 0.25) is 0 Å². The Kier molecular flexibility index (Phi) is 3.66. The molecule has 0 aliphatic carbocycles. The Hall–Kier alpha value is -2.27. The number of amides is 1. The number of nitrogens with one attached hydrogen (secondary N) is 2. The van der Waals surface area contributed by atoms with Crippen LogP contribution >= 0.6 is 0 Å². The van der Waals surface area contributed by atoms with Crippen LogP contribution in [0.4, 0.5) is 5.69 Å². The molecule has 0 saturated carbocycles. The van der Waals surface area contributed by atoms with Crippen LogP contribution in [-0.2, 0) is 4.79 Å². The van der Waals surface area contributed by atoms with E-state index in [-0.39, 0.29) is 24.6 Å². The van der Waals surface area contributed by atoms with Gasteiger partial charge in [-0.15, -0.1) is 0 Å². The maximum Gasteiger partial charge on any atom is 0.262 e. The minimum Gasteiger partial charge on any atom is -0.482 e. The summed E-state index contributed by atoms with van der Waals surface area (Å²) in [4.78, 5) is 11.4. The molecule has 5 nitrogen and oxygen atoms in total. The molecule has 0 fully saturated rings. The molecule has 0 spiro atoms. The molecule has 2 atom stereocenters. The van der Waals surface area contributed by atoms with Crippen LogP contribution < -0.4 is 15.4 Å². The molecule has 110 valence electrons. The van der Waals surface area contributed by atoms with Crippen LogP contribution in [0.5, 0.6) is 5.75 Å². The van der Waals surface area contributed by atoms with Crippen molar-refractivity contribution in [2.75, 3.05) is 11.9 Å². The highest BCUT2D eigenvalue weighted by atomic mass is 16.5. The fourth-order valence-electron chi connectivity index (χ4n) is 2.46. The molecule has 1 aromatic heterocycles. The number of hydrogen-bond donors (Lipinski definition) is 2. The van der Waals surface area contributed by atoms with E-state index in [4.69, 9.17) is 9.15 Å². The predicted molar refractivity (Wildman–Crippen MR) is 79.2 cm³/mol. The number of carbonyl (C=O) groups excluding carboxylic acids is 1. The number of ether oxygens (including phenoxy) is 1. The van der Waals surface area contributed by atoms with Gasteiger partial charge in [0, 0.05) is 6.04 Å². The highest BCUT2D eigenvalue weighted by Gasteiger charge is 2.18. The molecule has 0 radical (unpaired) electrons. The fraction of sp³-hybridized carbons (Fsp3) is 0.312. The van der Waals surface area contributed by atoms with E-state index in [0.29, 0.717) is 5.75 Å². The summed E-state index contributed by atoms with van der Waals surface area (Å²) in [5.41, 5.74) is 1.81. The number of fused-ring (bicyclic) bond motifs is 1. The number of anilines is 1. The highest BCUT2D eigenvalue weighted by Crippen LogP contribution is 2.31. The molecular formula is C16H18N2O3. The van der Waals surface area contributed by atoms with Gasteiger partial charge in [-0.25, -0.2) is 0 Å². The van der Waals surface area contributed by atoms with E-state index in [1.54, 1.807) is 6.26 Å². The van der Waals surface area contributed by atoms with Crippen LogP contribution in [0.3, 0.4) is 0 Å². The quantitative estimate of drug-likeness (QED) is 0.907. The Labute approximate surface area is 123 Å². The minimum absolute atomic E-state index is 0.0790. The first-order valence-electron chi connectivity index (χ1n) is 6.99. The fourth-order valence-corrected chi connectivity index (χ4v) is 2.46. The normalized spacial score (nSPS) is 16.6. The van der Waals surface area contributed by atoms with Gasteiger partial charge in [-0.2, -0.15) is 0 Å². The van der Waals surface area contributed by atoms with E-state index >= 15 is 0 Å². The van der Waals surface area contributed by atoms with E-state index in [9.17, 15) is 4.79 Å². The molecule has 0 saturated heterocycles. The second kappa shape index (κ2) is 5.61. The number of rotatable bonds is 4. The topological polar surface area (TPSA) is 63.5 Å². The number of furan rings is 1. The number of hydrogen-bond acceptors (Lipinski definition) is 4. The van der Waals surface area contributed by atoms with Crippen LogP contribution in [0.1, 0.15) is 37.3 Å². The summed E-state index contributed by atoms with van der Waals surface area (Å²) < 4.78 is 10.8. The molecule has 0 bridgehead atoms. The summed E-state index contributed by atoms with van der Waals surface area (Å²) >= 11 is 0. The van der Waals surface area contributed by atoms with Gasteiger partial charge in [0.15, 0.2) is 6.61 Å². The summed E-state index contributed by atoms with van der Waals surface area (Å²) in [5.74, 6) is 1.49. The van der Waals surface area contributed by atoms with Crippen molar-refractivity contribution >= 4 is 11.6 Å². The molecule has 2 aromatic rings. The van der Waals surface area contributed by atoms with Crippen LogP contribution in [0, 0.1) is 0 Å². The first-order chi connectivity index (χ1) is 10.1. The van der Waals surface area contributed by atoms with E-state index in [2.05, 4.69) is 24.5 Å². The zero-order valence-corrected chi connectivity index (χ0v) is 12.1. The van der Waals surface area contributed by atoms with Gasteiger partial charge < -0.3 is 19.8 Å². The SMILES string of the molecule is CC(NC(C)c1ccco1)c1ccc2c(c1)NC(=O)CO2. The lowest BCUT2D eigenvalue weighted by atomic mass is 10.1. The largest absolute Gasteiger partial charge is 0.482 e. The molecule has 1 aliphatic heterocycles. The van der Waals surface area contributed by atoms with Gasteiger partial charge in [0.05, 0.1) is 18.0 Å². The van der Waals surface area contributed by atoms with Crippen molar-refractivity contribution in [3.8, 4) is 5.75 Å². The first-order valence-corrected chi connectivity index (χ1v) is 6.99. The predicted octanol–water partition coefficient (Wildman–Crippen LogP) is 3.02. The Bertz CT molecular complexity index is 637. The smallest absolute Gasteiger partial charge is 0.262 e. The standard InChI is InChI=1S/C16H18N2O3/c1-10(17-11(2)14-4-3-7-20-14)12-5-6-15-13(8-12)18-16(19)9-21-15/h3-8,10-11,17H,9H2,1-2H3,(H,18,19). The highest BCUT2D eigenvalue weighted by molar-refractivity contribution is 5.95. The van der Waals surface area contributed by atoms with Crippen molar-refractivity contribution in [3.63, 3.8) is 0 Å². The Balaban J connectivity index is 1.74. The zero-order chi connectivity index (χ0) is 14.8. The molecule has 2 unspecified atom stereocenters. The molecule has 21 heavy (non-hydrogen) atoms. The van der Waals surface area contributed by atoms with E-state index in [1.165, 1.54) is 0 Å². The van der Waals surface area contributed by atoms with Gasteiger partial charge in [-0.05, 0) is 43.7 Å². The summed E-state index contributed by atoms with van der Waals surface area (Å²) in [6.45, 7) is 4.21. The molecular weight excluding hydrogens is 268 g/mol. The van der Waals surface area contributed by atoms with Gasteiger partial charge in [-0.3, -0.25) is 4.79 Å². The van der Waals surface area contributed by atoms with Crippen molar-refractivity contribution in [1.82, 2.24) is 5.32 Å². The third-order valence-corrected chi connectivity index (χ3v) is 3.61. The molecule has 1 amide bonds. The number of benzene rings is 1. The van der Waals surface area contributed by atoms with Crippen molar-refractivity contribution in [2.24, 2.45) is 0 Å². The molecule has 2 N–H and O–H groups in total. The maximum absolute atomic E-state index is 11.4. The zero-order valence-electron chi connectivity index (χ0n) is 12.1. The summed E-state index contributed by atoms with van der Waals surface area (Å²) in [5, 5.41) is 6.30. The lowest BCUT2D eigenvalue weighted by Crippen LogP contribution is -2.26. The van der Waals surface area contributed by atoms with E-state index < -0.39 is 0 Å². The molecule has 1 aromatic carbocycles. The van der Waals surface area contributed by atoms with E-state index in [1.807, 2.05) is 30.3 Å². The van der Waals surface area contributed by atoms with Crippen molar-refractivity contribution in [3.05, 3.63) is 47.9 Å².